The Morgan fingerprint density at radius 3 is 3.08 bits per heavy atom. The third-order valence-electron chi connectivity index (χ3n) is 1.55. The Balaban J connectivity index is 2.46. The van der Waals surface area contributed by atoms with Gasteiger partial charge in [-0.2, -0.15) is 0 Å². The number of hydrogen-bond acceptors (Lipinski definition) is 2. The molecule has 0 bridgehead atoms. The molecule has 0 aliphatic heterocycles. The van der Waals surface area contributed by atoms with E-state index < -0.39 is 0 Å². The van der Waals surface area contributed by atoms with Crippen LogP contribution in [0, 0.1) is 0 Å². The maximum absolute atomic E-state index is 5.71. The van der Waals surface area contributed by atoms with Crippen LogP contribution in [0.2, 0.25) is 0 Å². The average molecular weight is 182 g/mol. The van der Waals surface area contributed by atoms with Crippen LogP contribution in [0.25, 0.3) is 0 Å². The first-order valence-corrected chi connectivity index (χ1v) is 5.07. The lowest BCUT2D eigenvalue weighted by molar-refractivity contribution is 0.831. The maximum atomic E-state index is 5.71. The zero-order valence-electron chi connectivity index (χ0n) is 7.29. The van der Waals surface area contributed by atoms with Gasteiger partial charge >= 0.3 is 0 Å². The summed E-state index contributed by atoms with van der Waals surface area (Å²) in [6.07, 6.45) is 3.20. The van der Waals surface area contributed by atoms with E-state index in [-0.39, 0.29) is 0 Å². The van der Waals surface area contributed by atoms with Gasteiger partial charge in [0.2, 0.25) is 0 Å². The summed E-state index contributed by atoms with van der Waals surface area (Å²) in [6.45, 7) is 2.15. The van der Waals surface area contributed by atoms with Gasteiger partial charge in [-0.15, -0.1) is 11.3 Å². The molecule has 0 amide bonds. The van der Waals surface area contributed by atoms with Gasteiger partial charge in [0, 0.05) is 6.42 Å². The van der Waals surface area contributed by atoms with Crippen LogP contribution in [0.4, 0.5) is 5.00 Å². The molecule has 3 heteroatoms. The number of aliphatic imine (C=N–C) groups is 1. The third-order valence-corrected chi connectivity index (χ3v) is 2.31. The summed E-state index contributed by atoms with van der Waals surface area (Å²) in [7, 11) is 0. The van der Waals surface area contributed by atoms with Crippen molar-refractivity contribution in [3.05, 3.63) is 17.5 Å². The molecule has 1 heterocycles. The highest BCUT2D eigenvalue weighted by Gasteiger charge is 1.93. The van der Waals surface area contributed by atoms with E-state index in [9.17, 15) is 0 Å². The summed E-state index contributed by atoms with van der Waals surface area (Å²) < 4.78 is 0. The van der Waals surface area contributed by atoms with E-state index in [1.54, 1.807) is 11.3 Å². The highest BCUT2D eigenvalue weighted by molar-refractivity contribution is 7.13. The van der Waals surface area contributed by atoms with Crippen molar-refractivity contribution in [2.24, 2.45) is 10.7 Å². The summed E-state index contributed by atoms with van der Waals surface area (Å²) in [5, 5.41) is 3.01. The normalized spacial score (nSPS) is 11.9. The molecule has 1 aromatic heterocycles. The third kappa shape index (κ3) is 3.05. The van der Waals surface area contributed by atoms with Crippen LogP contribution in [0.15, 0.2) is 22.5 Å². The summed E-state index contributed by atoms with van der Waals surface area (Å²) in [5.41, 5.74) is 5.71. The van der Waals surface area contributed by atoms with Crippen LogP contribution in [0.1, 0.15) is 26.2 Å². The molecule has 0 aliphatic rings. The molecule has 0 saturated carbocycles. The molecule has 0 aromatic carbocycles. The Bertz CT molecular complexity index is 239. The van der Waals surface area contributed by atoms with Gasteiger partial charge in [-0.1, -0.05) is 13.3 Å². The van der Waals surface area contributed by atoms with Crippen molar-refractivity contribution >= 4 is 22.2 Å². The van der Waals surface area contributed by atoms with E-state index in [1.807, 2.05) is 17.5 Å². The minimum Gasteiger partial charge on any atom is -0.387 e. The lowest BCUT2D eigenvalue weighted by atomic mass is 10.2. The molecule has 0 spiro atoms. The second-order valence-electron chi connectivity index (χ2n) is 2.66. The summed E-state index contributed by atoms with van der Waals surface area (Å²) >= 11 is 1.62. The molecule has 0 unspecified atom stereocenters. The Morgan fingerprint density at radius 2 is 2.50 bits per heavy atom. The van der Waals surface area contributed by atoms with E-state index >= 15 is 0 Å². The number of amidine groups is 1. The van der Waals surface area contributed by atoms with Gasteiger partial charge in [-0.05, 0) is 23.9 Å². The van der Waals surface area contributed by atoms with Crippen molar-refractivity contribution in [3.63, 3.8) is 0 Å². The fourth-order valence-electron chi connectivity index (χ4n) is 0.889. The van der Waals surface area contributed by atoms with E-state index in [2.05, 4.69) is 11.9 Å². The van der Waals surface area contributed by atoms with Crippen molar-refractivity contribution in [1.29, 1.82) is 0 Å². The molecule has 1 rings (SSSR count). The van der Waals surface area contributed by atoms with Crippen molar-refractivity contribution in [1.82, 2.24) is 0 Å². The molecular weight excluding hydrogens is 168 g/mol. The second kappa shape index (κ2) is 4.93. The first-order valence-electron chi connectivity index (χ1n) is 4.19. The van der Waals surface area contributed by atoms with E-state index in [0.717, 1.165) is 23.7 Å². The van der Waals surface area contributed by atoms with Crippen molar-refractivity contribution < 1.29 is 0 Å². The van der Waals surface area contributed by atoms with Crippen LogP contribution in [0.5, 0.6) is 0 Å². The van der Waals surface area contributed by atoms with Gasteiger partial charge in [0.05, 0.1) is 0 Å². The molecule has 66 valence electrons. The molecule has 0 saturated heterocycles. The summed E-state index contributed by atoms with van der Waals surface area (Å²) in [5.74, 6) is 0.749. The van der Waals surface area contributed by atoms with Crippen LogP contribution in [-0.2, 0) is 0 Å². The van der Waals surface area contributed by atoms with Crippen molar-refractivity contribution in [2.45, 2.75) is 26.2 Å². The molecule has 0 atom stereocenters. The lowest BCUT2D eigenvalue weighted by Crippen LogP contribution is -2.10. The number of thiophene rings is 1. The van der Waals surface area contributed by atoms with E-state index in [0.29, 0.717) is 0 Å². The zero-order valence-corrected chi connectivity index (χ0v) is 8.10. The fourth-order valence-corrected chi connectivity index (χ4v) is 1.51. The molecule has 0 aliphatic carbocycles. The van der Waals surface area contributed by atoms with Gasteiger partial charge in [0.15, 0.2) is 0 Å². The summed E-state index contributed by atoms with van der Waals surface area (Å²) in [6, 6.07) is 3.96. The van der Waals surface area contributed by atoms with Gasteiger partial charge in [0.25, 0.3) is 0 Å². The molecule has 2 N–H and O–H groups in total. The van der Waals surface area contributed by atoms with Crippen LogP contribution in [-0.4, -0.2) is 5.84 Å². The highest BCUT2D eigenvalue weighted by atomic mass is 32.1. The van der Waals surface area contributed by atoms with Crippen LogP contribution in [0.3, 0.4) is 0 Å². The van der Waals surface area contributed by atoms with Gasteiger partial charge in [0.1, 0.15) is 10.8 Å². The molecular formula is C9H14N2S. The Labute approximate surface area is 77.1 Å². The molecule has 12 heavy (non-hydrogen) atoms. The quantitative estimate of drug-likeness (QED) is 0.564. The Hall–Kier alpha value is -0.830. The Morgan fingerprint density at radius 1 is 1.67 bits per heavy atom. The van der Waals surface area contributed by atoms with Gasteiger partial charge < -0.3 is 5.73 Å². The monoisotopic (exact) mass is 182 g/mol. The first-order chi connectivity index (χ1) is 5.83. The van der Waals surface area contributed by atoms with Crippen LogP contribution < -0.4 is 5.73 Å². The van der Waals surface area contributed by atoms with Gasteiger partial charge in [-0.25, -0.2) is 4.99 Å². The average Bonchev–Trinajstić information content (AvgIpc) is 2.53. The molecule has 0 fully saturated rings. The smallest absolute Gasteiger partial charge is 0.118 e. The number of hydrogen-bond donors (Lipinski definition) is 1. The second-order valence-corrected chi connectivity index (χ2v) is 3.58. The number of rotatable bonds is 4. The standard InChI is InChI=1S/C9H14N2S/c1-2-3-5-8(10)11-9-6-4-7-12-9/h4,6-7H,2-3,5H2,1H3,(H2,10,11). The molecule has 1 aromatic rings. The SMILES string of the molecule is CCCCC(N)=Nc1cccs1. The minimum absolute atomic E-state index is 0.749. The zero-order chi connectivity index (χ0) is 8.81. The number of unbranched alkanes of at least 4 members (excludes halogenated alkanes) is 1. The predicted molar refractivity (Wildman–Crippen MR) is 55.1 cm³/mol. The molecule has 0 radical (unpaired) electrons. The first kappa shape index (κ1) is 9.26. The highest BCUT2D eigenvalue weighted by Crippen LogP contribution is 2.19. The van der Waals surface area contributed by atoms with Crippen molar-refractivity contribution in [3.8, 4) is 0 Å². The Kier molecular flexibility index (Phi) is 3.80. The number of nitrogens with zero attached hydrogens (tertiary/aromatic N) is 1. The fraction of sp³-hybridized carbons (Fsp3) is 0.444. The number of nitrogens with two attached hydrogens (primary N) is 1. The van der Waals surface area contributed by atoms with Gasteiger partial charge in [-0.3, -0.25) is 0 Å². The van der Waals surface area contributed by atoms with E-state index in [1.165, 1.54) is 6.42 Å². The van der Waals surface area contributed by atoms with Crippen molar-refractivity contribution in [2.75, 3.05) is 0 Å². The minimum atomic E-state index is 0.749. The van der Waals surface area contributed by atoms with E-state index in [4.69, 9.17) is 5.73 Å². The topological polar surface area (TPSA) is 38.4 Å². The predicted octanol–water partition coefficient (Wildman–Crippen LogP) is 2.93. The van der Waals surface area contributed by atoms with Crippen LogP contribution >= 0.6 is 11.3 Å². The maximum Gasteiger partial charge on any atom is 0.118 e. The summed E-state index contributed by atoms with van der Waals surface area (Å²) in [4.78, 5) is 4.27. The molecule has 2 nitrogen and oxygen atoms in total. The largest absolute Gasteiger partial charge is 0.387 e. The lowest BCUT2D eigenvalue weighted by Gasteiger charge is -1.96.